The number of ether oxygens (including phenoxy) is 4. The van der Waals surface area contributed by atoms with Crippen LogP contribution in [0.2, 0.25) is 0 Å². The van der Waals surface area contributed by atoms with E-state index >= 15 is 0 Å². The lowest BCUT2D eigenvalue weighted by molar-refractivity contribution is 0.276. The second-order valence-electron chi connectivity index (χ2n) is 8.61. The average Bonchev–Trinajstić information content (AvgIpc) is 3.35. The van der Waals surface area contributed by atoms with E-state index in [4.69, 9.17) is 18.9 Å². The third kappa shape index (κ3) is 5.41. The van der Waals surface area contributed by atoms with Crippen molar-refractivity contribution < 1.29 is 35.8 Å². The van der Waals surface area contributed by atoms with E-state index in [-0.39, 0.29) is 16.3 Å². The first kappa shape index (κ1) is 28.0. The molecule has 0 amide bonds. The Morgan fingerprint density at radius 1 is 0.833 bits per heavy atom. The van der Waals surface area contributed by atoms with Crippen LogP contribution in [0.15, 0.2) is 46.2 Å². The summed E-state index contributed by atoms with van der Waals surface area (Å²) in [6.45, 7) is 3.84. The Bertz CT molecular complexity index is 1280. The van der Waals surface area contributed by atoms with Crippen LogP contribution in [0, 0.1) is 0 Å². The number of benzene rings is 2. The van der Waals surface area contributed by atoms with E-state index in [1.807, 2.05) is 0 Å². The van der Waals surface area contributed by atoms with Crippen molar-refractivity contribution in [3.63, 3.8) is 0 Å². The van der Waals surface area contributed by atoms with Gasteiger partial charge >= 0.3 is 0 Å². The van der Waals surface area contributed by atoms with E-state index in [0.717, 1.165) is 0 Å². The fourth-order valence-electron chi connectivity index (χ4n) is 4.33. The predicted molar refractivity (Wildman–Crippen MR) is 135 cm³/mol. The first-order valence-corrected chi connectivity index (χ1v) is 14.4. The van der Waals surface area contributed by atoms with Crippen LogP contribution in [0.4, 0.5) is 0 Å². The number of rotatable bonds is 11. The minimum atomic E-state index is -3.96. The van der Waals surface area contributed by atoms with Gasteiger partial charge in [-0.25, -0.2) is 16.8 Å². The third-order valence-corrected chi connectivity index (χ3v) is 10.2. The normalized spacial score (nSPS) is 16.9. The molecule has 0 aromatic heterocycles. The van der Waals surface area contributed by atoms with Gasteiger partial charge in [-0.2, -0.15) is 8.61 Å². The summed E-state index contributed by atoms with van der Waals surface area (Å²) in [4.78, 5) is 0.104. The maximum absolute atomic E-state index is 13.6. The highest BCUT2D eigenvalue weighted by Gasteiger charge is 2.39. The minimum absolute atomic E-state index is 0.0147. The molecule has 0 saturated carbocycles. The molecular formula is C24H34N2O8S2. The molecule has 1 aliphatic heterocycles. The third-order valence-electron chi connectivity index (χ3n) is 6.21. The summed E-state index contributed by atoms with van der Waals surface area (Å²) in [5.41, 5.74) is 0. The van der Waals surface area contributed by atoms with E-state index in [1.165, 1.54) is 67.4 Å². The maximum Gasteiger partial charge on any atom is 0.243 e. The molecule has 0 unspecified atom stereocenters. The van der Waals surface area contributed by atoms with Gasteiger partial charge < -0.3 is 18.9 Å². The van der Waals surface area contributed by atoms with E-state index < -0.39 is 32.1 Å². The van der Waals surface area contributed by atoms with Crippen molar-refractivity contribution in [2.45, 2.75) is 48.6 Å². The molecule has 0 radical (unpaired) electrons. The van der Waals surface area contributed by atoms with Gasteiger partial charge in [-0.1, -0.05) is 0 Å². The quantitative estimate of drug-likeness (QED) is 0.426. The zero-order chi connectivity index (χ0) is 26.7. The lowest BCUT2D eigenvalue weighted by Crippen LogP contribution is -2.47. The lowest BCUT2D eigenvalue weighted by atomic mass is 10.2. The molecule has 1 atom stereocenters. The fourth-order valence-corrected chi connectivity index (χ4v) is 7.72. The zero-order valence-electron chi connectivity index (χ0n) is 21.4. The summed E-state index contributed by atoms with van der Waals surface area (Å²) in [6.07, 6.45) is 1.16. The molecule has 0 spiro atoms. The Balaban J connectivity index is 1.94. The zero-order valence-corrected chi connectivity index (χ0v) is 23.1. The van der Waals surface area contributed by atoms with Gasteiger partial charge in [0.2, 0.25) is 20.0 Å². The Morgan fingerprint density at radius 2 is 1.33 bits per heavy atom. The van der Waals surface area contributed by atoms with Gasteiger partial charge in [-0.05, 0) is 51.0 Å². The van der Waals surface area contributed by atoms with Crippen molar-refractivity contribution in [3.8, 4) is 23.0 Å². The average molecular weight is 543 g/mol. The van der Waals surface area contributed by atoms with Crippen molar-refractivity contribution >= 4 is 20.0 Å². The van der Waals surface area contributed by atoms with Crippen LogP contribution >= 0.6 is 0 Å². The Hall–Kier alpha value is -2.54. The lowest BCUT2D eigenvalue weighted by Gasteiger charge is -2.32. The SMILES string of the molecule is COc1ccc(S(=O)(=O)N(C[C@H]2CCCN2S(=O)(=O)c2ccc(OC)c(OC)c2)C(C)C)cc1OC. The summed E-state index contributed by atoms with van der Waals surface area (Å²) < 4.78 is 78.1. The topological polar surface area (TPSA) is 112 Å². The first-order chi connectivity index (χ1) is 17.0. The van der Waals surface area contributed by atoms with Crippen LogP contribution < -0.4 is 18.9 Å². The molecule has 2 aromatic carbocycles. The molecule has 3 rings (SSSR count). The van der Waals surface area contributed by atoms with E-state index in [9.17, 15) is 16.8 Å². The molecule has 2 aromatic rings. The summed E-state index contributed by atoms with van der Waals surface area (Å²) in [6, 6.07) is 7.90. The van der Waals surface area contributed by atoms with Gasteiger partial charge in [-0.3, -0.25) is 0 Å². The molecule has 0 bridgehead atoms. The van der Waals surface area contributed by atoms with Crippen LogP contribution in [0.5, 0.6) is 23.0 Å². The Kier molecular flexibility index (Phi) is 8.75. The first-order valence-electron chi connectivity index (χ1n) is 11.5. The van der Waals surface area contributed by atoms with Crippen LogP contribution in [-0.2, 0) is 20.0 Å². The van der Waals surface area contributed by atoms with Crippen LogP contribution in [0.1, 0.15) is 26.7 Å². The predicted octanol–water partition coefficient (Wildman–Crippen LogP) is 2.97. The van der Waals surface area contributed by atoms with Gasteiger partial charge in [0.05, 0.1) is 38.2 Å². The second-order valence-corrected chi connectivity index (χ2v) is 12.4. The number of hydrogen-bond acceptors (Lipinski definition) is 8. The van der Waals surface area contributed by atoms with Crippen LogP contribution in [-0.4, -0.2) is 79.1 Å². The summed E-state index contributed by atoms with van der Waals surface area (Å²) in [7, 11) is -2.05. The van der Waals surface area contributed by atoms with Crippen molar-refractivity contribution in [2.24, 2.45) is 0 Å². The molecule has 1 heterocycles. The number of methoxy groups -OCH3 is 4. The highest BCUT2D eigenvalue weighted by atomic mass is 32.2. The molecule has 10 nitrogen and oxygen atoms in total. The summed E-state index contributed by atoms with van der Waals surface area (Å²) in [5.74, 6) is 1.42. The molecule has 1 fully saturated rings. The van der Waals surface area contributed by atoms with E-state index in [0.29, 0.717) is 42.4 Å². The fraction of sp³-hybridized carbons (Fsp3) is 0.500. The molecule has 1 saturated heterocycles. The van der Waals surface area contributed by atoms with Gasteiger partial charge in [0.25, 0.3) is 0 Å². The van der Waals surface area contributed by atoms with Gasteiger partial charge in [0.1, 0.15) is 0 Å². The number of nitrogens with zero attached hydrogens (tertiary/aromatic N) is 2. The van der Waals surface area contributed by atoms with E-state index in [2.05, 4.69) is 0 Å². The van der Waals surface area contributed by atoms with Gasteiger partial charge in [-0.15, -0.1) is 0 Å². The highest BCUT2D eigenvalue weighted by Crippen LogP contribution is 2.35. The minimum Gasteiger partial charge on any atom is -0.493 e. The summed E-state index contributed by atoms with van der Waals surface area (Å²) >= 11 is 0. The molecule has 12 heteroatoms. The monoisotopic (exact) mass is 542 g/mol. The summed E-state index contributed by atoms with van der Waals surface area (Å²) in [5, 5.41) is 0. The van der Waals surface area contributed by atoms with Crippen molar-refractivity contribution in [2.75, 3.05) is 41.5 Å². The van der Waals surface area contributed by atoms with Crippen LogP contribution in [0.3, 0.4) is 0 Å². The Labute approximate surface area is 213 Å². The van der Waals surface area contributed by atoms with Crippen molar-refractivity contribution in [1.82, 2.24) is 8.61 Å². The molecular weight excluding hydrogens is 508 g/mol. The maximum atomic E-state index is 13.6. The van der Waals surface area contributed by atoms with E-state index in [1.54, 1.807) is 19.9 Å². The van der Waals surface area contributed by atoms with Crippen molar-refractivity contribution in [1.29, 1.82) is 0 Å². The number of sulfonamides is 2. The molecule has 36 heavy (non-hydrogen) atoms. The highest BCUT2D eigenvalue weighted by molar-refractivity contribution is 7.89. The molecule has 200 valence electrons. The second kappa shape index (κ2) is 11.2. The largest absolute Gasteiger partial charge is 0.493 e. The molecule has 0 aliphatic carbocycles. The van der Waals surface area contributed by atoms with Crippen LogP contribution in [0.25, 0.3) is 0 Å². The Morgan fingerprint density at radius 3 is 1.83 bits per heavy atom. The van der Waals surface area contributed by atoms with Gasteiger partial charge in [0.15, 0.2) is 23.0 Å². The van der Waals surface area contributed by atoms with Gasteiger partial charge in [0, 0.05) is 37.3 Å². The van der Waals surface area contributed by atoms with Crippen molar-refractivity contribution in [3.05, 3.63) is 36.4 Å². The number of hydrogen-bond donors (Lipinski definition) is 0. The molecule has 1 aliphatic rings. The standard InChI is InChI=1S/C24H34N2O8S2/c1-17(2)26(36(29,30)20-10-12-22(32-4)24(15-20)34-6)16-18-8-7-13-25(18)35(27,28)19-9-11-21(31-3)23(14-19)33-5/h9-12,14-15,17-18H,7-8,13,16H2,1-6H3/t18-/m1/s1. The smallest absolute Gasteiger partial charge is 0.243 e. The molecule has 0 N–H and O–H groups in total.